The maximum Gasteiger partial charge on any atom is 0.259 e. The maximum absolute atomic E-state index is 12.1. The van der Waals surface area contributed by atoms with Crippen LogP contribution in [0.15, 0.2) is 36.5 Å². The lowest BCUT2D eigenvalue weighted by atomic mass is 9.87. The molecule has 0 bridgehead atoms. The summed E-state index contributed by atoms with van der Waals surface area (Å²) in [6.07, 6.45) is 2.33. The Hall–Kier alpha value is -2.15. The van der Waals surface area contributed by atoms with Gasteiger partial charge in [0.25, 0.3) is 5.91 Å². The van der Waals surface area contributed by atoms with E-state index in [1.54, 1.807) is 10.9 Å². The molecule has 5 nitrogen and oxygen atoms in total. The van der Waals surface area contributed by atoms with Crippen LogP contribution in [0.5, 0.6) is 0 Å². The molecular weight excluding hydrogens is 368 g/mol. The van der Waals surface area contributed by atoms with Crippen molar-refractivity contribution in [1.82, 2.24) is 9.78 Å². The highest BCUT2D eigenvalue weighted by Gasteiger charge is 2.29. The van der Waals surface area contributed by atoms with Gasteiger partial charge in [0, 0.05) is 23.4 Å². The standard InChI is InChI=1S/C19H21ClN4OS/c1-11-15(17-14(20)10-23-24(17)2)16(18(26-11)19(22)25)13(9-21)8-12-6-4-3-5-7-12/h3-7,10,13H,8-9,21H2,1-2H3,(H2,22,25). The van der Waals surface area contributed by atoms with E-state index in [4.69, 9.17) is 23.1 Å². The monoisotopic (exact) mass is 388 g/mol. The summed E-state index contributed by atoms with van der Waals surface area (Å²) in [7, 11) is 1.83. The first kappa shape index (κ1) is 18.6. The number of carbonyl (C=O) groups excluding carboxylic acids is 1. The smallest absolute Gasteiger partial charge is 0.259 e. The number of carbonyl (C=O) groups is 1. The number of aryl methyl sites for hydroxylation is 2. The summed E-state index contributed by atoms with van der Waals surface area (Å²) in [5, 5.41) is 4.78. The second-order valence-electron chi connectivity index (χ2n) is 6.23. The number of benzene rings is 1. The summed E-state index contributed by atoms with van der Waals surface area (Å²) in [6, 6.07) is 10.1. The van der Waals surface area contributed by atoms with E-state index >= 15 is 0 Å². The molecule has 7 heteroatoms. The lowest BCUT2D eigenvalue weighted by Crippen LogP contribution is -2.20. The molecule has 2 aromatic heterocycles. The Balaban J connectivity index is 2.19. The largest absolute Gasteiger partial charge is 0.365 e. The van der Waals surface area contributed by atoms with E-state index in [-0.39, 0.29) is 5.92 Å². The van der Waals surface area contributed by atoms with Crippen molar-refractivity contribution >= 4 is 28.8 Å². The Labute approximate surface area is 161 Å². The predicted molar refractivity (Wildman–Crippen MR) is 107 cm³/mol. The third kappa shape index (κ3) is 3.40. The Kier molecular flexibility index (Phi) is 5.46. The van der Waals surface area contributed by atoms with Gasteiger partial charge in [0.15, 0.2) is 0 Å². The number of amides is 1. The van der Waals surface area contributed by atoms with Crippen LogP contribution in [0.4, 0.5) is 0 Å². The first-order chi connectivity index (χ1) is 12.4. The summed E-state index contributed by atoms with van der Waals surface area (Å²) in [5.41, 5.74) is 15.5. The Morgan fingerprint density at radius 2 is 2.04 bits per heavy atom. The van der Waals surface area contributed by atoms with Gasteiger partial charge in [0.05, 0.1) is 21.8 Å². The molecule has 0 fully saturated rings. The van der Waals surface area contributed by atoms with E-state index in [1.807, 2.05) is 32.2 Å². The third-order valence-corrected chi connectivity index (χ3v) is 5.91. The average molecular weight is 389 g/mol. The minimum Gasteiger partial charge on any atom is -0.365 e. The van der Waals surface area contributed by atoms with Crippen LogP contribution in [0.3, 0.4) is 0 Å². The minimum atomic E-state index is -0.441. The summed E-state index contributed by atoms with van der Waals surface area (Å²) in [5.74, 6) is -0.491. The van der Waals surface area contributed by atoms with E-state index in [0.29, 0.717) is 16.4 Å². The highest BCUT2D eigenvalue weighted by molar-refractivity contribution is 7.14. The molecule has 4 N–H and O–H groups in total. The fourth-order valence-corrected chi connectivity index (χ4v) is 4.68. The van der Waals surface area contributed by atoms with Crippen molar-refractivity contribution in [2.75, 3.05) is 6.54 Å². The van der Waals surface area contributed by atoms with Crippen molar-refractivity contribution in [2.45, 2.75) is 19.3 Å². The Morgan fingerprint density at radius 3 is 2.58 bits per heavy atom. The van der Waals surface area contributed by atoms with Gasteiger partial charge in [-0.1, -0.05) is 41.9 Å². The third-order valence-electron chi connectivity index (χ3n) is 4.49. The van der Waals surface area contributed by atoms with Crippen molar-refractivity contribution in [2.24, 2.45) is 18.5 Å². The molecule has 0 aliphatic carbocycles. The van der Waals surface area contributed by atoms with Gasteiger partial charge < -0.3 is 11.5 Å². The zero-order chi connectivity index (χ0) is 18.8. The molecule has 0 spiro atoms. The molecule has 3 aromatic rings. The van der Waals surface area contributed by atoms with Gasteiger partial charge in [-0.05, 0) is 31.0 Å². The van der Waals surface area contributed by atoms with Gasteiger partial charge in [-0.2, -0.15) is 5.10 Å². The van der Waals surface area contributed by atoms with Crippen LogP contribution in [0, 0.1) is 6.92 Å². The lowest BCUT2D eigenvalue weighted by molar-refractivity contribution is 0.100. The summed E-state index contributed by atoms with van der Waals surface area (Å²) >= 11 is 7.78. The topological polar surface area (TPSA) is 86.9 Å². The summed E-state index contributed by atoms with van der Waals surface area (Å²) in [4.78, 5) is 13.7. The molecular formula is C19H21ClN4OS. The van der Waals surface area contributed by atoms with E-state index in [1.165, 1.54) is 11.3 Å². The van der Waals surface area contributed by atoms with Gasteiger partial charge in [-0.3, -0.25) is 9.48 Å². The molecule has 136 valence electrons. The van der Waals surface area contributed by atoms with Crippen LogP contribution in [0.2, 0.25) is 5.02 Å². The number of thiophene rings is 1. The molecule has 1 aromatic carbocycles. The number of aromatic nitrogens is 2. The lowest BCUT2D eigenvalue weighted by Gasteiger charge is -2.19. The van der Waals surface area contributed by atoms with Gasteiger partial charge >= 0.3 is 0 Å². The molecule has 0 saturated heterocycles. The summed E-state index contributed by atoms with van der Waals surface area (Å²) in [6.45, 7) is 2.36. The van der Waals surface area contributed by atoms with Crippen LogP contribution >= 0.6 is 22.9 Å². The Bertz CT molecular complexity index is 913. The molecule has 0 saturated carbocycles. The fraction of sp³-hybridized carbons (Fsp3) is 0.263. The van der Waals surface area contributed by atoms with Gasteiger partial charge in [-0.25, -0.2) is 0 Å². The molecule has 0 aliphatic rings. The molecule has 0 aliphatic heterocycles. The van der Waals surface area contributed by atoms with Crippen molar-refractivity contribution in [1.29, 1.82) is 0 Å². The quantitative estimate of drug-likeness (QED) is 0.677. The second kappa shape index (κ2) is 7.61. The zero-order valence-electron chi connectivity index (χ0n) is 14.7. The number of halogens is 1. The van der Waals surface area contributed by atoms with Gasteiger partial charge in [-0.15, -0.1) is 11.3 Å². The van der Waals surface area contributed by atoms with Crippen LogP contribution in [0.25, 0.3) is 11.3 Å². The van der Waals surface area contributed by atoms with Gasteiger partial charge in [0.1, 0.15) is 0 Å². The number of rotatable bonds is 6. The first-order valence-electron chi connectivity index (χ1n) is 8.29. The van der Waals surface area contributed by atoms with E-state index < -0.39 is 5.91 Å². The molecule has 0 radical (unpaired) electrons. The Morgan fingerprint density at radius 1 is 1.35 bits per heavy atom. The zero-order valence-corrected chi connectivity index (χ0v) is 16.3. The molecule has 1 unspecified atom stereocenters. The van der Waals surface area contributed by atoms with Gasteiger partial charge in [0.2, 0.25) is 0 Å². The maximum atomic E-state index is 12.1. The number of hydrogen-bond donors (Lipinski definition) is 2. The van der Waals surface area contributed by atoms with E-state index in [0.717, 1.165) is 33.7 Å². The second-order valence-corrected chi connectivity index (χ2v) is 7.86. The number of nitrogens with two attached hydrogens (primary N) is 2. The van der Waals surface area contributed by atoms with Crippen molar-refractivity contribution in [3.05, 3.63) is 62.4 Å². The van der Waals surface area contributed by atoms with E-state index in [2.05, 4.69) is 17.2 Å². The van der Waals surface area contributed by atoms with Crippen LogP contribution < -0.4 is 11.5 Å². The van der Waals surface area contributed by atoms with Crippen molar-refractivity contribution in [3.63, 3.8) is 0 Å². The minimum absolute atomic E-state index is 0.0502. The SMILES string of the molecule is Cc1sc(C(N)=O)c(C(CN)Cc2ccccc2)c1-c1c(Cl)cnn1C. The predicted octanol–water partition coefficient (Wildman–Crippen LogP) is 3.49. The van der Waals surface area contributed by atoms with Crippen molar-refractivity contribution < 1.29 is 4.79 Å². The normalized spacial score (nSPS) is 12.3. The average Bonchev–Trinajstić information content (AvgIpc) is 3.13. The van der Waals surface area contributed by atoms with Crippen LogP contribution in [-0.4, -0.2) is 22.2 Å². The molecule has 2 heterocycles. The highest BCUT2D eigenvalue weighted by Crippen LogP contribution is 2.43. The van der Waals surface area contributed by atoms with Crippen molar-refractivity contribution in [3.8, 4) is 11.3 Å². The van der Waals surface area contributed by atoms with E-state index in [9.17, 15) is 4.79 Å². The fourth-order valence-electron chi connectivity index (χ4n) is 3.32. The van der Waals surface area contributed by atoms with Crippen LogP contribution in [-0.2, 0) is 13.5 Å². The number of nitrogens with zero attached hydrogens (tertiary/aromatic N) is 2. The summed E-state index contributed by atoms with van der Waals surface area (Å²) < 4.78 is 1.72. The number of primary amides is 1. The molecule has 3 rings (SSSR count). The van der Waals surface area contributed by atoms with Crippen LogP contribution in [0.1, 0.15) is 31.6 Å². The molecule has 1 atom stereocenters. The number of hydrogen-bond acceptors (Lipinski definition) is 4. The molecule has 26 heavy (non-hydrogen) atoms. The molecule has 1 amide bonds. The highest BCUT2D eigenvalue weighted by atomic mass is 35.5. The first-order valence-corrected chi connectivity index (χ1v) is 9.48.